The van der Waals surface area contributed by atoms with E-state index >= 15 is 0 Å². The van der Waals surface area contributed by atoms with Crippen LogP contribution in [0.1, 0.15) is 31.2 Å². The number of nitrogens with one attached hydrogen (secondary N) is 1. The van der Waals surface area contributed by atoms with E-state index in [4.69, 9.17) is 5.73 Å². The molecule has 2 aromatic carbocycles. The Kier molecular flexibility index (Phi) is 6.04. The van der Waals surface area contributed by atoms with Crippen LogP contribution in [0.4, 0.5) is 18.3 Å². The molecule has 0 radical (unpaired) electrons. The summed E-state index contributed by atoms with van der Waals surface area (Å²) < 4.78 is 64.0. The number of anilines is 1. The molecule has 1 heterocycles. The maximum atomic E-state index is 12.5. The van der Waals surface area contributed by atoms with Crippen molar-refractivity contribution in [2.75, 3.05) is 10.5 Å². The summed E-state index contributed by atoms with van der Waals surface area (Å²) in [7, 11) is -4.20. The van der Waals surface area contributed by atoms with E-state index in [1.807, 2.05) is 54.6 Å². The Bertz CT molecular complexity index is 1190. The number of hydrogen-bond donors (Lipinski definition) is 2. The lowest BCUT2D eigenvalue weighted by Crippen LogP contribution is -2.43. The lowest BCUT2D eigenvalue weighted by molar-refractivity contribution is -0.129. The van der Waals surface area contributed by atoms with Crippen LogP contribution in [0.5, 0.6) is 0 Å². The maximum Gasteiger partial charge on any atom is 0.390 e. The minimum absolute atomic E-state index is 0.0272. The zero-order valence-electron chi connectivity index (χ0n) is 17.0. The van der Waals surface area contributed by atoms with Crippen molar-refractivity contribution in [1.82, 2.24) is 4.98 Å². The topological polar surface area (TPSA) is 85.1 Å². The molecule has 0 bridgehead atoms. The molecule has 0 amide bonds. The van der Waals surface area contributed by atoms with E-state index in [1.54, 1.807) is 0 Å². The summed E-state index contributed by atoms with van der Waals surface area (Å²) in [4.78, 5) is 5.15. The molecule has 5 nitrogen and oxygen atoms in total. The quantitative estimate of drug-likeness (QED) is 0.466. The second kappa shape index (κ2) is 8.49. The minimum Gasteiger partial charge on any atom is -0.321 e. The highest BCUT2D eigenvalue weighted by atomic mass is 32.2. The summed E-state index contributed by atoms with van der Waals surface area (Å²) in [6.45, 7) is 0. The summed E-state index contributed by atoms with van der Waals surface area (Å²) in [5.41, 5.74) is 9.29. The van der Waals surface area contributed by atoms with E-state index < -0.39 is 28.4 Å². The van der Waals surface area contributed by atoms with Crippen LogP contribution in [-0.2, 0) is 15.6 Å². The van der Waals surface area contributed by atoms with Gasteiger partial charge in [0.05, 0.1) is 22.7 Å². The van der Waals surface area contributed by atoms with Crippen LogP contribution < -0.4 is 10.5 Å². The van der Waals surface area contributed by atoms with Crippen LogP contribution >= 0.6 is 11.3 Å². The van der Waals surface area contributed by atoms with Crippen molar-refractivity contribution in [3.8, 4) is 21.7 Å². The van der Waals surface area contributed by atoms with E-state index in [9.17, 15) is 21.6 Å². The van der Waals surface area contributed by atoms with Crippen molar-refractivity contribution >= 4 is 26.5 Å². The van der Waals surface area contributed by atoms with E-state index in [1.165, 1.54) is 0 Å². The molecule has 0 saturated heterocycles. The van der Waals surface area contributed by atoms with Gasteiger partial charge in [0.15, 0.2) is 5.13 Å². The highest BCUT2D eigenvalue weighted by molar-refractivity contribution is 7.92. The highest BCUT2D eigenvalue weighted by Gasteiger charge is 2.34. The lowest BCUT2D eigenvalue weighted by Gasteiger charge is -2.38. The van der Waals surface area contributed by atoms with Gasteiger partial charge >= 0.3 is 6.18 Å². The second-order valence-corrected chi connectivity index (χ2v) is 10.8. The molecule has 3 N–H and O–H groups in total. The molecule has 0 atom stereocenters. The van der Waals surface area contributed by atoms with Crippen LogP contribution in [0.3, 0.4) is 0 Å². The number of halogens is 3. The van der Waals surface area contributed by atoms with E-state index in [0.29, 0.717) is 5.69 Å². The molecule has 1 fully saturated rings. The first kappa shape index (κ1) is 22.8. The number of alkyl halides is 3. The van der Waals surface area contributed by atoms with Crippen molar-refractivity contribution in [2.45, 2.75) is 37.4 Å². The molecule has 3 aromatic rings. The molecule has 0 spiro atoms. The van der Waals surface area contributed by atoms with Gasteiger partial charge in [0.25, 0.3) is 0 Å². The van der Waals surface area contributed by atoms with Gasteiger partial charge < -0.3 is 5.73 Å². The largest absolute Gasteiger partial charge is 0.390 e. The van der Waals surface area contributed by atoms with Gasteiger partial charge in [0, 0.05) is 11.1 Å². The number of thiazole rings is 1. The van der Waals surface area contributed by atoms with Crippen molar-refractivity contribution in [3.63, 3.8) is 0 Å². The van der Waals surface area contributed by atoms with E-state index in [0.717, 1.165) is 52.2 Å². The molecule has 1 aliphatic rings. The molecule has 1 saturated carbocycles. The zero-order valence-corrected chi connectivity index (χ0v) is 18.7. The number of nitrogens with zero attached hydrogens (tertiary/aromatic N) is 1. The number of sulfonamides is 1. The molecule has 10 heteroatoms. The Morgan fingerprint density at radius 3 is 2.25 bits per heavy atom. The Morgan fingerprint density at radius 2 is 1.69 bits per heavy atom. The van der Waals surface area contributed by atoms with Crippen LogP contribution in [-0.4, -0.2) is 25.3 Å². The molecule has 1 aliphatic carbocycles. The van der Waals surface area contributed by atoms with Crippen LogP contribution in [0.25, 0.3) is 21.7 Å². The number of benzene rings is 2. The first-order valence-corrected chi connectivity index (χ1v) is 12.5. The smallest absolute Gasteiger partial charge is 0.321 e. The summed E-state index contributed by atoms with van der Waals surface area (Å²) in [5, 5.41) is 0.0272. The van der Waals surface area contributed by atoms with Gasteiger partial charge in [-0.15, -0.1) is 0 Å². The van der Waals surface area contributed by atoms with Gasteiger partial charge in [0.2, 0.25) is 10.0 Å². The number of rotatable bonds is 7. The summed E-state index contributed by atoms with van der Waals surface area (Å²) in [5.74, 6) is -1.06. The van der Waals surface area contributed by atoms with Crippen molar-refractivity contribution in [1.29, 1.82) is 0 Å². The third-order valence-corrected chi connectivity index (χ3v) is 7.93. The standard InChI is InChI=1S/C22H22F3N3O2S2/c23-22(24,25)13-14-32(29,30)28-20-27-18(19(31-20)16-5-2-1-3-6-16)15-7-9-17(10-8-15)21(26)11-4-12-21/h1-3,5-10H,4,11-14,26H2,(H,27,28). The van der Waals surface area contributed by atoms with E-state index in [2.05, 4.69) is 9.71 Å². The lowest BCUT2D eigenvalue weighted by atomic mass is 9.72. The predicted molar refractivity (Wildman–Crippen MR) is 121 cm³/mol. The van der Waals surface area contributed by atoms with E-state index in [-0.39, 0.29) is 10.7 Å². The highest BCUT2D eigenvalue weighted by Crippen LogP contribution is 2.42. The Morgan fingerprint density at radius 1 is 1.03 bits per heavy atom. The third kappa shape index (κ3) is 5.13. The van der Waals surface area contributed by atoms with Gasteiger partial charge in [-0.1, -0.05) is 65.9 Å². The zero-order chi connectivity index (χ0) is 23.0. The summed E-state index contributed by atoms with van der Waals surface area (Å²) in [6, 6.07) is 17.0. The molecule has 0 unspecified atom stereocenters. The Labute approximate surface area is 188 Å². The van der Waals surface area contributed by atoms with Gasteiger partial charge in [-0.3, -0.25) is 4.72 Å². The van der Waals surface area contributed by atoms with Crippen LogP contribution in [0, 0.1) is 0 Å². The monoisotopic (exact) mass is 481 g/mol. The molecule has 1 aromatic heterocycles. The Hall–Kier alpha value is -2.43. The average molecular weight is 482 g/mol. The van der Waals surface area contributed by atoms with Crippen molar-refractivity contribution in [3.05, 3.63) is 60.2 Å². The predicted octanol–water partition coefficient (Wildman–Crippen LogP) is 5.51. The fraction of sp³-hybridized carbons (Fsp3) is 0.318. The molecule has 4 rings (SSSR count). The summed E-state index contributed by atoms with van der Waals surface area (Å²) >= 11 is 1.09. The maximum absolute atomic E-state index is 12.5. The SMILES string of the molecule is NC1(c2ccc(-c3nc(NS(=O)(=O)CCC(F)(F)F)sc3-c3ccccc3)cc2)CCC1. The molecule has 0 aliphatic heterocycles. The van der Waals surface area contributed by atoms with Crippen molar-refractivity contribution in [2.24, 2.45) is 5.73 Å². The summed E-state index contributed by atoms with van der Waals surface area (Å²) in [6.07, 6.45) is -3.01. The van der Waals surface area contributed by atoms with Crippen molar-refractivity contribution < 1.29 is 21.6 Å². The first-order valence-electron chi connectivity index (χ1n) is 10.1. The first-order chi connectivity index (χ1) is 15.0. The Balaban J connectivity index is 1.66. The molecular weight excluding hydrogens is 459 g/mol. The number of nitrogens with two attached hydrogens (primary N) is 1. The third-order valence-electron chi connectivity index (χ3n) is 5.54. The molecule has 170 valence electrons. The van der Waals surface area contributed by atoms with Gasteiger partial charge in [-0.2, -0.15) is 13.2 Å². The molecule has 32 heavy (non-hydrogen) atoms. The normalized spacial score (nSPS) is 15.9. The fourth-order valence-electron chi connectivity index (χ4n) is 3.59. The minimum atomic E-state index is -4.56. The molecular formula is C22H22F3N3O2S2. The van der Waals surface area contributed by atoms with Crippen LogP contribution in [0.2, 0.25) is 0 Å². The fourth-order valence-corrected chi connectivity index (χ4v) is 5.89. The average Bonchev–Trinajstić information content (AvgIpc) is 3.14. The van der Waals surface area contributed by atoms with Crippen LogP contribution in [0.15, 0.2) is 54.6 Å². The van der Waals surface area contributed by atoms with Gasteiger partial charge in [-0.25, -0.2) is 13.4 Å². The van der Waals surface area contributed by atoms with Gasteiger partial charge in [-0.05, 0) is 30.4 Å². The van der Waals surface area contributed by atoms with Gasteiger partial charge in [0.1, 0.15) is 0 Å². The second-order valence-electron chi connectivity index (χ2n) is 7.94. The number of aromatic nitrogens is 1. The number of hydrogen-bond acceptors (Lipinski definition) is 5.